The summed E-state index contributed by atoms with van der Waals surface area (Å²) < 4.78 is 7.58. The zero-order valence-corrected chi connectivity index (χ0v) is 41.3. The maximum Gasteiger partial charge on any atom is 0.176 e. The van der Waals surface area contributed by atoms with Crippen LogP contribution in [0.4, 0.5) is 0 Å². The van der Waals surface area contributed by atoms with Crippen molar-refractivity contribution in [2.75, 3.05) is 0 Å². The van der Waals surface area contributed by atoms with E-state index in [1.807, 2.05) is 22.3 Å². The molecule has 0 bridgehead atoms. The molecule has 60 heavy (non-hydrogen) atoms. The highest BCUT2D eigenvalue weighted by Gasteiger charge is 2.66. The Morgan fingerprint density at radius 1 is 0.500 bits per heavy atom. The zero-order chi connectivity index (χ0) is 42.7. The minimum atomic E-state index is -0.576. The van der Waals surface area contributed by atoms with Crippen LogP contribution in [0.25, 0.3) is 0 Å². The standard InChI is InChI=1S/C58H92O2/c1-35(2)37(5)13-15-39(7)44-20-22-46-41-17-19-48-43-25-34-58(60-51(43)28-32-56(48,11)49(41)26-30-54(44,46)9)52-24-18-42-47-23-21-45(40(8)16-14-38(6)36(3)4)55(47,10)31-27-50(42)57(52,12)33-29-53(58)59/h35-40,44-45,48-50,52H,13-34H2,1-12H3/t37-,38-,39-,40-,44-,45-,48+,49+,50+,52-,54-,55-,56+,57-,58+/m1/s1. The van der Waals surface area contributed by atoms with E-state index in [-0.39, 0.29) is 5.41 Å². The third kappa shape index (κ3) is 6.56. The van der Waals surface area contributed by atoms with Crippen LogP contribution >= 0.6 is 0 Å². The van der Waals surface area contributed by atoms with Gasteiger partial charge in [-0.25, -0.2) is 0 Å². The summed E-state index contributed by atoms with van der Waals surface area (Å²) in [4.78, 5) is 14.6. The Morgan fingerprint density at radius 2 is 1.00 bits per heavy atom. The van der Waals surface area contributed by atoms with Crippen molar-refractivity contribution in [3.05, 3.63) is 33.6 Å². The summed E-state index contributed by atoms with van der Waals surface area (Å²) in [7, 11) is 0. The molecule has 0 N–H and O–H groups in total. The molecule has 9 aliphatic rings. The summed E-state index contributed by atoms with van der Waals surface area (Å²) in [6, 6.07) is 0. The highest BCUT2D eigenvalue weighted by molar-refractivity contribution is 5.89. The van der Waals surface area contributed by atoms with Gasteiger partial charge in [0.2, 0.25) is 0 Å². The van der Waals surface area contributed by atoms with Crippen molar-refractivity contribution in [2.45, 2.75) is 230 Å². The van der Waals surface area contributed by atoms with E-state index in [1.54, 1.807) is 5.57 Å². The summed E-state index contributed by atoms with van der Waals surface area (Å²) in [5.74, 6) is 10.8. The highest BCUT2D eigenvalue weighted by atomic mass is 16.5. The Bertz CT molecular complexity index is 1770. The third-order valence-corrected chi connectivity index (χ3v) is 23.0. The van der Waals surface area contributed by atoms with E-state index in [4.69, 9.17) is 4.74 Å². The van der Waals surface area contributed by atoms with Crippen molar-refractivity contribution in [1.82, 2.24) is 0 Å². The van der Waals surface area contributed by atoms with Gasteiger partial charge in [0.15, 0.2) is 11.4 Å². The smallest absolute Gasteiger partial charge is 0.176 e. The van der Waals surface area contributed by atoms with Crippen LogP contribution in [0.2, 0.25) is 0 Å². The van der Waals surface area contributed by atoms with E-state index in [9.17, 15) is 4.79 Å². The molecule has 2 heteroatoms. The van der Waals surface area contributed by atoms with Crippen molar-refractivity contribution >= 4 is 5.78 Å². The molecule has 1 heterocycles. The van der Waals surface area contributed by atoms with Gasteiger partial charge in [-0.2, -0.15) is 0 Å². The Labute approximate surface area is 370 Å². The number of hydrogen-bond acceptors (Lipinski definition) is 2. The maximum atomic E-state index is 14.6. The third-order valence-electron chi connectivity index (χ3n) is 23.0. The Balaban J connectivity index is 0.926. The Morgan fingerprint density at radius 3 is 1.55 bits per heavy atom. The summed E-state index contributed by atoms with van der Waals surface area (Å²) in [5, 5.41) is 0. The largest absolute Gasteiger partial charge is 0.484 e. The second kappa shape index (κ2) is 15.7. The minimum Gasteiger partial charge on any atom is -0.484 e. The minimum absolute atomic E-state index is 0.178. The van der Waals surface area contributed by atoms with Gasteiger partial charge in [-0.05, 0) is 195 Å². The first-order valence-corrected chi connectivity index (χ1v) is 26.8. The van der Waals surface area contributed by atoms with Gasteiger partial charge in [-0.3, -0.25) is 4.79 Å². The quantitative estimate of drug-likeness (QED) is 0.205. The summed E-state index contributed by atoms with van der Waals surface area (Å²) in [5.41, 5.74) is 10.1. The summed E-state index contributed by atoms with van der Waals surface area (Å²) in [6.07, 6.45) is 27.8. The zero-order valence-electron chi connectivity index (χ0n) is 41.3. The number of carbonyl (C=O) groups excluding carboxylic acids is 1. The molecule has 2 nitrogen and oxygen atoms in total. The second-order valence-corrected chi connectivity index (χ2v) is 25.9. The lowest BCUT2D eigenvalue weighted by molar-refractivity contribution is -0.182. The first kappa shape index (κ1) is 43.9. The lowest BCUT2D eigenvalue weighted by Gasteiger charge is -2.62. The molecule has 0 radical (unpaired) electrons. The monoisotopic (exact) mass is 821 g/mol. The van der Waals surface area contributed by atoms with Crippen LogP contribution in [0.5, 0.6) is 0 Å². The van der Waals surface area contributed by atoms with E-state index in [0.29, 0.717) is 39.8 Å². The van der Waals surface area contributed by atoms with Crippen LogP contribution in [-0.4, -0.2) is 11.4 Å². The molecule has 5 saturated carbocycles. The maximum absolute atomic E-state index is 14.6. The molecular formula is C58H92O2. The van der Waals surface area contributed by atoms with Gasteiger partial charge in [-0.1, -0.05) is 131 Å². The van der Waals surface area contributed by atoms with Gasteiger partial charge in [-0.15, -0.1) is 0 Å². The Hall–Kier alpha value is -1.31. The normalized spacial score (nSPS) is 44.4. The van der Waals surface area contributed by atoms with Crippen LogP contribution in [0.1, 0.15) is 224 Å². The predicted octanol–water partition coefficient (Wildman–Crippen LogP) is 16.4. The van der Waals surface area contributed by atoms with Crippen molar-refractivity contribution in [2.24, 2.45) is 92.7 Å². The van der Waals surface area contributed by atoms with Gasteiger partial charge >= 0.3 is 0 Å². The second-order valence-electron chi connectivity index (χ2n) is 25.9. The van der Waals surface area contributed by atoms with Crippen molar-refractivity contribution in [3.8, 4) is 0 Å². The van der Waals surface area contributed by atoms with Gasteiger partial charge < -0.3 is 4.74 Å². The average Bonchev–Trinajstić information content (AvgIpc) is 3.77. The lowest BCUT2D eigenvalue weighted by Crippen LogP contribution is -2.62. The molecule has 15 atom stereocenters. The van der Waals surface area contributed by atoms with Gasteiger partial charge in [0.05, 0.1) is 5.76 Å². The molecule has 0 aromatic carbocycles. The van der Waals surface area contributed by atoms with E-state index >= 15 is 0 Å². The highest BCUT2D eigenvalue weighted by Crippen LogP contribution is 2.71. The van der Waals surface area contributed by atoms with Crippen LogP contribution in [-0.2, 0) is 9.53 Å². The van der Waals surface area contributed by atoms with Crippen molar-refractivity contribution < 1.29 is 9.53 Å². The van der Waals surface area contributed by atoms with E-state index in [0.717, 1.165) is 91.8 Å². The van der Waals surface area contributed by atoms with Crippen LogP contribution in [0.3, 0.4) is 0 Å². The molecule has 5 fully saturated rings. The van der Waals surface area contributed by atoms with Gasteiger partial charge in [0.25, 0.3) is 0 Å². The molecule has 1 spiro atoms. The number of Topliss-reactive ketones (excluding diaryl/α,β-unsaturated/α-hetero) is 1. The molecule has 0 aromatic rings. The van der Waals surface area contributed by atoms with Crippen LogP contribution < -0.4 is 0 Å². The average molecular weight is 821 g/mol. The van der Waals surface area contributed by atoms with Crippen LogP contribution in [0, 0.1) is 92.7 Å². The van der Waals surface area contributed by atoms with Crippen molar-refractivity contribution in [1.29, 1.82) is 0 Å². The van der Waals surface area contributed by atoms with Gasteiger partial charge in [0, 0.05) is 18.8 Å². The first-order chi connectivity index (χ1) is 28.4. The fourth-order valence-electron chi connectivity index (χ4n) is 18.5. The summed E-state index contributed by atoms with van der Waals surface area (Å²) >= 11 is 0. The molecule has 9 rings (SSSR count). The molecule has 0 saturated heterocycles. The van der Waals surface area contributed by atoms with E-state index < -0.39 is 5.60 Å². The molecular weight excluding hydrogens is 729 g/mol. The fourth-order valence-corrected chi connectivity index (χ4v) is 18.5. The van der Waals surface area contributed by atoms with E-state index in [1.165, 1.54) is 108 Å². The molecule has 0 aromatic heterocycles. The van der Waals surface area contributed by atoms with Crippen LogP contribution in [0.15, 0.2) is 33.6 Å². The summed E-state index contributed by atoms with van der Waals surface area (Å²) in [6.45, 7) is 30.6. The van der Waals surface area contributed by atoms with Crippen molar-refractivity contribution in [3.63, 3.8) is 0 Å². The fraction of sp³-hybridized carbons (Fsp3) is 0.879. The number of hydrogen-bond donors (Lipinski definition) is 0. The molecule has 1 aliphatic heterocycles. The number of ether oxygens (including phenoxy) is 1. The number of allylic oxidation sites excluding steroid dienone is 6. The van der Waals surface area contributed by atoms with E-state index in [2.05, 4.69) is 83.1 Å². The predicted molar refractivity (Wildman–Crippen MR) is 251 cm³/mol. The molecule has 0 amide bonds. The topological polar surface area (TPSA) is 26.3 Å². The van der Waals surface area contributed by atoms with Gasteiger partial charge in [0.1, 0.15) is 0 Å². The number of fused-ring (bicyclic) bond motifs is 10. The Kier molecular flexibility index (Phi) is 11.5. The molecule has 0 unspecified atom stereocenters. The number of carbonyl (C=O) groups is 1. The first-order valence-electron chi connectivity index (χ1n) is 26.8. The molecule has 8 aliphatic carbocycles. The number of rotatable bonds is 10. The number of ketones is 1. The molecule has 336 valence electrons. The SMILES string of the molecule is CC(C)[C@H](C)CC[C@@H](C)[C@H]1CCC2=C3CC[C@H]4C5=C(CC[C@]4(C)[C@H]3CC[C@@]21C)O[C@]1(CC5)C(=O)CC[C@@]2(C)[C@H]1CCC1=C3CC[C@H]([C@H](C)CC[C@@H](C)C(C)C)[C@@]3(C)CC[C@@H]12. The lowest BCUT2D eigenvalue weighted by atomic mass is 9.44.